The molecule has 3 rings (SSSR count). The second-order valence-corrected chi connectivity index (χ2v) is 6.21. The van der Waals surface area contributed by atoms with Gasteiger partial charge in [0.25, 0.3) is 0 Å². The van der Waals surface area contributed by atoms with Gasteiger partial charge < -0.3 is 19.9 Å². The molecule has 0 saturated heterocycles. The Morgan fingerprint density at radius 3 is 2.88 bits per heavy atom. The standard InChI is InChI=1S/C18H25N3O3/c1-3-12(2)15(22)11-19-9-14-10-20-21-18(14)13-4-5-16-17(8-13)24-7-6-23-16/h4-5,8,10,12,15,19,22H,3,6-7,9,11H2,1-2H3,(H,20,21). The van der Waals surface area contributed by atoms with Crippen LogP contribution >= 0.6 is 0 Å². The van der Waals surface area contributed by atoms with Gasteiger partial charge >= 0.3 is 0 Å². The van der Waals surface area contributed by atoms with Crippen LogP contribution in [0.3, 0.4) is 0 Å². The molecule has 0 saturated carbocycles. The Hall–Kier alpha value is -2.05. The van der Waals surface area contributed by atoms with Gasteiger partial charge in [0.15, 0.2) is 11.5 Å². The third-order valence-electron chi connectivity index (χ3n) is 4.52. The molecule has 6 heteroatoms. The smallest absolute Gasteiger partial charge is 0.162 e. The number of aliphatic hydroxyl groups is 1. The van der Waals surface area contributed by atoms with Crippen LogP contribution in [0, 0.1) is 5.92 Å². The number of aliphatic hydroxyl groups excluding tert-OH is 1. The van der Waals surface area contributed by atoms with Gasteiger partial charge in [0.1, 0.15) is 13.2 Å². The lowest BCUT2D eigenvalue weighted by atomic mass is 10.0. The fourth-order valence-corrected chi connectivity index (χ4v) is 2.72. The van der Waals surface area contributed by atoms with E-state index < -0.39 is 0 Å². The Morgan fingerprint density at radius 2 is 2.08 bits per heavy atom. The van der Waals surface area contributed by atoms with E-state index in [1.165, 1.54) is 0 Å². The number of hydrogen-bond donors (Lipinski definition) is 3. The summed E-state index contributed by atoms with van der Waals surface area (Å²) < 4.78 is 11.2. The molecule has 130 valence electrons. The zero-order chi connectivity index (χ0) is 16.9. The van der Waals surface area contributed by atoms with Gasteiger partial charge in [-0.05, 0) is 24.1 Å². The number of ether oxygens (including phenoxy) is 2. The SMILES string of the molecule is CCC(C)C(O)CNCc1cn[nH]c1-c1ccc2c(c1)OCCO2. The van der Waals surface area contributed by atoms with Crippen LogP contribution in [0.4, 0.5) is 0 Å². The number of aromatic amines is 1. The Balaban J connectivity index is 1.67. The zero-order valence-electron chi connectivity index (χ0n) is 14.2. The summed E-state index contributed by atoms with van der Waals surface area (Å²) >= 11 is 0. The number of nitrogens with one attached hydrogen (secondary N) is 2. The van der Waals surface area contributed by atoms with Crippen molar-refractivity contribution < 1.29 is 14.6 Å². The van der Waals surface area contributed by atoms with Crippen LogP contribution in [0.5, 0.6) is 11.5 Å². The summed E-state index contributed by atoms with van der Waals surface area (Å²) in [4.78, 5) is 0. The summed E-state index contributed by atoms with van der Waals surface area (Å²) in [6.45, 7) is 6.52. The second-order valence-electron chi connectivity index (χ2n) is 6.21. The monoisotopic (exact) mass is 331 g/mol. The van der Waals surface area contributed by atoms with E-state index in [2.05, 4.69) is 29.4 Å². The number of fused-ring (bicyclic) bond motifs is 1. The van der Waals surface area contributed by atoms with E-state index in [1.54, 1.807) is 0 Å². The first-order valence-electron chi connectivity index (χ1n) is 8.50. The van der Waals surface area contributed by atoms with Gasteiger partial charge in [0.05, 0.1) is 18.0 Å². The second kappa shape index (κ2) is 7.68. The minimum Gasteiger partial charge on any atom is -0.486 e. The predicted octanol–water partition coefficient (Wildman–Crippen LogP) is 2.34. The van der Waals surface area contributed by atoms with Crippen molar-refractivity contribution in [2.24, 2.45) is 5.92 Å². The lowest BCUT2D eigenvalue weighted by Crippen LogP contribution is -2.31. The van der Waals surface area contributed by atoms with E-state index in [9.17, 15) is 5.11 Å². The van der Waals surface area contributed by atoms with E-state index in [0.29, 0.717) is 32.2 Å². The molecule has 1 aliphatic heterocycles. The molecule has 2 atom stereocenters. The Kier molecular flexibility index (Phi) is 5.37. The topological polar surface area (TPSA) is 79.4 Å². The summed E-state index contributed by atoms with van der Waals surface area (Å²) in [7, 11) is 0. The maximum absolute atomic E-state index is 10.0. The fraction of sp³-hybridized carbons (Fsp3) is 0.500. The highest BCUT2D eigenvalue weighted by Gasteiger charge is 2.16. The molecule has 2 heterocycles. The van der Waals surface area contributed by atoms with Crippen molar-refractivity contribution in [3.8, 4) is 22.8 Å². The number of aromatic nitrogens is 2. The first-order valence-corrected chi connectivity index (χ1v) is 8.50. The first-order chi connectivity index (χ1) is 11.7. The summed E-state index contributed by atoms with van der Waals surface area (Å²) in [5, 5.41) is 20.6. The van der Waals surface area contributed by atoms with E-state index >= 15 is 0 Å². The molecule has 1 aromatic carbocycles. The van der Waals surface area contributed by atoms with Crippen LogP contribution in [0.2, 0.25) is 0 Å². The predicted molar refractivity (Wildman–Crippen MR) is 92.2 cm³/mol. The maximum atomic E-state index is 10.0. The highest BCUT2D eigenvalue weighted by Crippen LogP contribution is 2.34. The summed E-state index contributed by atoms with van der Waals surface area (Å²) in [5.74, 6) is 1.83. The third-order valence-corrected chi connectivity index (χ3v) is 4.52. The van der Waals surface area contributed by atoms with Crippen LogP contribution in [0.1, 0.15) is 25.8 Å². The molecular weight excluding hydrogens is 306 g/mol. The largest absolute Gasteiger partial charge is 0.486 e. The number of hydrogen-bond acceptors (Lipinski definition) is 5. The van der Waals surface area contributed by atoms with Crippen LogP contribution in [0.15, 0.2) is 24.4 Å². The molecule has 0 fully saturated rings. The Labute approximate surface area is 142 Å². The van der Waals surface area contributed by atoms with E-state index in [4.69, 9.17) is 9.47 Å². The van der Waals surface area contributed by atoms with E-state index in [-0.39, 0.29) is 6.10 Å². The van der Waals surface area contributed by atoms with Gasteiger partial charge in [-0.3, -0.25) is 5.10 Å². The summed E-state index contributed by atoms with van der Waals surface area (Å²) in [5.41, 5.74) is 3.02. The van der Waals surface area contributed by atoms with Gasteiger partial charge in [-0.2, -0.15) is 5.10 Å². The van der Waals surface area contributed by atoms with Crippen molar-refractivity contribution in [2.75, 3.05) is 19.8 Å². The normalized spacial score (nSPS) is 16.0. The highest BCUT2D eigenvalue weighted by molar-refractivity contribution is 5.66. The summed E-state index contributed by atoms with van der Waals surface area (Å²) in [6.07, 6.45) is 2.45. The number of nitrogens with zero attached hydrogens (tertiary/aromatic N) is 1. The molecule has 0 spiro atoms. The Bertz CT molecular complexity index is 671. The van der Waals surface area contributed by atoms with Gasteiger partial charge in [-0.15, -0.1) is 0 Å². The number of benzene rings is 1. The van der Waals surface area contributed by atoms with Gasteiger partial charge in [-0.1, -0.05) is 20.3 Å². The van der Waals surface area contributed by atoms with Gasteiger partial charge in [0.2, 0.25) is 0 Å². The lowest BCUT2D eigenvalue weighted by molar-refractivity contribution is 0.113. The average Bonchev–Trinajstić information content (AvgIpc) is 3.09. The minimum absolute atomic E-state index is 0.291. The quantitative estimate of drug-likeness (QED) is 0.726. The van der Waals surface area contributed by atoms with E-state index in [0.717, 1.165) is 34.7 Å². The average molecular weight is 331 g/mol. The van der Waals surface area contributed by atoms with Crippen molar-refractivity contribution in [3.05, 3.63) is 30.0 Å². The van der Waals surface area contributed by atoms with E-state index in [1.807, 2.05) is 24.4 Å². The zero-order valence-corrected chi connectivity index (χ0v) is 14.2. The molecule has 6 nitrogen and oxygen atoms in total. The van der Waals surface area contributed by atoms with Gasteiger partial charge in [-0.25, -0.2) is 0 Å². The molecule has 1 aromatic heterocycles. The van der Waals surface area contributed by atoms with Gasteiger partial charge in [0, 0.05) is 24.2 Å². The lowest BCUT2D eigenvalue weighted by Gasteiger charge is -2.19. The molecule has 0 bridgehead atoms. The summed E-state index contributed by atoms with van der Waals surface area (Å²) in [6, 6.07) is 5.90. The van der Waals surface area contributed by atoms with Crippen molar-refractivity contribution in [3.63, 3.8) is 0 Å². The molecule has 2 unspecified atom stereocenters. The molecule has 3 N–H and O–H groups in total. The molecule has 24 heavy (non-hydrogen) atoms. The maximum Gasteiger partial charge on any atom is 0.162 e. The Morgan fingerprint density at radius 1 is 1.29 bits per heavy atom. The van der Waals surface area contributed by atoms with Crippen molar-refractivity contribution in [2.45, 2.75) is 32.9 Å². The fourth-order valence-electron chi connectivity index (χ4n) is 2.72. The third kappa shape index (κ3) is 3.71. The van der Waals surface area contributed by atoms with Crippen molar-refractivity contribution >= 4 is 0 Å². The van der Waals surface area contributed by atoms with Crippen molar-refractivity contribution in [1.82, 2.24) is 15.5 Å². The van der Waals surface area contributed by atoms with Crippen molar-refractivity contribution in [1.29, 1.82) is 0 Å². The molecule has 0 aliphatic carbocycles. The van der Waals surface area contributed by atoms with Crippen LogP contribution in [-0.4, -0.2) is 41.2 Å². The minimum atomic E-state index is -0.334. The van der Waals surface area contributed by atoms with Crippen LogP contribution in [-0.2, 0) is 6.54 Å². The molecular formula is C18H25N3O3. The highest BCUT2D eigenvalue weighted by atomic mass is 16.6. The van der Waals surface area contributed by atoms with Crippen LogP contribution < -0.4 is 14.8 Å². The molecule has 0 radical (unpaired) electrons. The number of H-pyrrole nitrogens is 1. The molecule has 1 aliphatic rings. The number of rotatable bonds is 7. The molecule has 0 amide bonds. The molecule has 2 aromatic rings. The van der Waals surface area contributed by atoms with Crippen LogP contribution in [0.25, 0.3) is 11.3 Å². The first kappa shape index (κ1) is 16.8.